The Kier molecular flexibility index (Phi) is 7.02. The standard InChI is InChI=1S/C25H32N4O3S/c26-24(27)20-12-11-19-15-23(25(30)28-17-18-7-3-1-4-8-18)29(22(19)16-20)13-14-33(31,32)21-9-5-2-6-10-21/h2,5-6,9-12,16,18,23H,1,3-4,7-8,13-15,17H2,(H3,26,27)(H,28,30). The Balaban J connectivity index is 1.53. The van der Waals surface area contributed by atoms with Crippen molar-refractivity contribution in [2.75, 3.05) is 23.7 Å². The molecule has 0 saturated heterocycles. The van der Waals surface area contributed by atoms with E-state index in [1.54, 1.807) is 42.5 Å². The third kappa shape index (κ3) is 5.38. The molecule has 2 aromatic carbocycles. The van der Waals surface area contributed by atoms with Gasteiger partial charge in [-0.05, 0) is 42.5 Å². The molecule has 7 nitrogen and oxygen atoms in total. The minimum absolute atomic E-state index is 0.0557. The molecule has 4 N–H and O–H groups in total. The maximum atomic E-state index is 13.2. The van der Waals surface area contributed by atoms with Gasteiger partial charge in [-0.1, -0.05) is 49.6 Å². The molecular weight excluding hydrogens is 436 g/mol. The molecule has 1 aliphatic heterocycles. The first-order valence-electron chi connectivity index (χ1n) is 11.6. The van der Waals surface area contributed by atoms with Gasteiger partial charge < -0.3 is 16.0 Å². The monoisotopic (exact) mass is 468 g/mol. The van der Waals surface area contributed by atoms with E-state index in [1.807, 2.05) is 11.0 Å². The molecule has 8 heteroatoms. The number of rotatable bonds is 8. The number of nitrogens with zero attached hydrogens (tertiary/aromatic N) is 1. The largest absolute Gasteiger partial charge is 0.384 e. The molecule has 1 aliphatic carbocycles. The topological polar surface area (TPSA) is 116 Å². The zero-order valence-electron chi connectivity index (χ0n) is 18.8. The molecule has 0 radical (unpaired) electrons. The van der Waals surface area contributed by atoms with E-state index in [-0.39, 0.29) is 28.9 Å². The lowest BCUT2D eigenvalue weighted by atomic mass is 9.89. The summed E-state index contributed by atoms with van der Waals surface area (Å²) in [6, 6.07) is 13.4. The average molecular weight is 469 g/mol. The number of fused-ring (bicyclic) bond motifs is 1. The number of benzene rings is 2. The number of amides is 1. The Morgan fingerprint density at radius 3 is 2.52 bits per heavy atom. The van der Waals surface area contributed by atoms with Gasteiger partial charge in [0.05, 0.1) is 10.6 Å². The molecule has 4 rings (SSSR count). The molecular formula is C25H32N4O3S. The number of carbonyl (C=O) groups is 1. The minimum atomic E-state index is -3.50. The molecule has 176 valence electrons. The molecule has 33 heavy (non-hydrogen) atoms. The molecule has 0 spiro atoms. The maximum Gasteiger partial charge on any atom is 0.243 e. The molecule has 1 atom stereocenters. The first-order chi connectivity index (χ1) is 15.8. The number of nitrogens with one attached hydrogen (secondary N) is 2. The van der Waals surface area contributed by atoms with Crippen LogP contribution < -0.4 is 16.0 Å². The summed E-state index contributed by atoms with van der Waals surface area (Å²) in [6.45, 7) is 0.855. The molecule has 1 amide bonds. The van der Waals surface area contributed by atoms with Crippen LogP contribution in [0.25, 0.3) is 0 Å². The Labute approximate surface area is 195 Å². The highest BCUT2D eigenvalue weighted by atomic mass is 32.2. The highest BCUT2D eigenvalue weighted by Gasteiger charge is 2.35. The lowest BCUT2D eigenvalue weighted by Crippen LogP contribution is -2.48. The van der Waals surface area contributed by atoms with Crippen molar-refractivity contribution in [3.63, 3.8) is 0 Å². The minimum Gasteiger partial charge on any atom is -0.384 e. The number of amidine groups is 1. The van der Waals surface area contributed by atoms with Crippen LogP contribution in [0.3, 0.4) is 0 Å². The Morgan fingerprint density at radius 2 is 1.82 bits per heavy atom. The molecule has 0 bridgehead atoms. The highest BCUT2D eigenvalue weighted by Crippen LogP contribution is 2.33. The van der Waals surface area contributed by atoms with Crippen LogP contribution in [0.2, 0.25) is 0 Å². The Bertz CT molecular complexity index is 1110. The van der Waals surface area contributed by atoms with Crippen LogP contribution in [0.4, 0.5) is 5.69 Å². The molecule has 1 unspecified atom stereocenters. The molecule has 1 heterocycles. The summed E-state index contributed by atoms with van der Waals surface area (Å²) < 4.78 is 25.8. The molecule has 2 aliphatic rings. The second kappa shape index (κ2) is 9.95. The fraction of sp³-hybridized carbons (Fsp3) is 0.440. The van der Waals surface area contributed by atoms with E-state index in [0.29, 0.717) is 24.4 Å². The van der Waals surface area contributed by atoms with Gasteiger partial charge in [-0.25, -0.2) is 8.42 Å². The lowest BCUT2D eigenvalue weighted by Gasteiger charge is -2.28. The zero-order valence-corrected chi connectivity index (χ0v) is 19.6. The van der Waals surface area contributed by atoms with E-state index in [0.717, 1.165) is 24.1 Å². The van der Waals surface area contributed by atoms with Gasteiger partial charge in [-0.2, -0.15) is 0 Å². The number of carbonyl (C=O) groups excluding carboxylic acids is 1. The van der Waals surface area contributed by atoms with E-state index in [1.165, 1.54) is 19.3 Å². The van der Waals surface area contributed by atoms with Gasteiger partial charge >= 0.3 is 0 Å². The van der Waals surface area contributed by atoms with Gasteiger partial charge in [-0.15, -0.1) is 0 Å². The second-order valence-electron chi connectivity index (χ2n) is 9.05. The van der Waals surface area contributed by atoms with Crippen molar-refractivity contribution in [2.45, 2.75) is 49.5 Å². The lowest BCUT2D eigenvalue weighted by molar-refractivity contribution is -0.122. The quantitative estimate of drug-likeness (QED) is 0.407. The maximum absolute atomic E-state index is 13.2. The predicted molar refractivity (Wildman–Crippen MR) is 130 cm³/mol. The van der Waals surface area contributed by atoms with E-state index in [9.17, 15) is 13.2 Å². The van der Waals surface area contributed by atoms with Gasteiger partial charge in [0.1, 0.15) is 11.9 Å². The van der Waals surface area contributed by atoms with E-state index in [2.05, 4.69) is 5.32 Å². The summed E-state index contributed by atoms with van der Waals surface area (Å²) in [4.78, 5) is 15.4. The van der Waals surface area contributed by atoms with Crippen molar-refractivity contribution < 1.29 is 13.2 Å². The van der Waals surface area contributed by atoms with Crippen molar-refractivity contribution in [1.82, 2.24) is 5.32 Å². The highest BCUT2D eigenvalue weighted by molar-refractivity contribution is 7.91. The van der Waals surface area contributed by atoms with Crippen LogP contribution in [0.5, 0.6) is 0 Å². The molecule has 1 saturated carbocycles. The van der Waals surface area contributed by atoms with Crippen molar-refractivity contribution in [3.8, 4) is 0 Å². The van der Waals surface area contributed by atoms with E-state index in [4.69, 9.17) is 11.1 Å². The third-order valence-electron chi connectivity index (χ3n) is 6.79. The van der Waals surface area contributed by atoms with Gasteiger partial charge in [0, 0.05) is 30.8 Å². The number of sulfone groups is 1. The normalized spacial score (nSPS) is 18.7. The first kappa shape index (κ1) is 23.3. The van der Waals surface area contributed by atoms with E-state index >= 15 is 0 Å². The fourth-order valence-electron chi connectivity index (χ4n) is 4.89. The number of nitrogen functional groups attached to an aromatic ring is 1. The van der Waals surface area contributed by atoms with Crippen LogP contribution in [-0.2, 0) is 21.1 Å². The first-order valence-corrected chi connectivity index (χ1v) is 13.3. The van der Waals surface area contributed by atoms with Crippen LogP contribution in [0.1, 0.15) is 43.2 Å². The van der Waals surface area contributed by atoms with Crippen LogP contribution >= 0.6 is 0 Å². The molecule has 0 aromatic heterocycles. The van der Waals surface area contributed by atoms with Crippen LogP contribution in [0.15, 0.2) is 53.4 Å². The second-order valence-corrected chi connectivity index (χ2v) is 11.2. The Hall–Kier alpha value is -2.87. The predicted octanol–water partition coefficient (Wildman–Crippen LogP) is 2.87. The van der Waals surface area contributed by atoms with Gasteiger partial charge in [0.15, 0.2) is 9.84 Å². The molecule has 2 aromatic rings. The number of nitrogens with two attached hydrogens (primary N) is 1. The summed E-state index contributed by atoms with van der Waals surface area (Å²) in [7, 11) is -3.50. The SMILES string of the molecule is N=C(N)c1ccc2c(c1)N(CCS(=O)(=O)c1ccccc1)C(C(=O)NCC1CCCCC1)C2. The van der Waals surface area contributed by atoms with Gasteiger partial charge in [-0.3, -0.25) is 10.2 Å². The van der Waals surface area contributed by atoms with Gasteiger partial charge in [0.2, 0.25) is 5.91 Å². The number of hydrogen-bond donors (Lipinski definition) is 3. The zero-order chi connectivity index (χ0) is 23.4. The van der Waals surface area contributed by atoms with Gasteiger partial charge in [0.25, 0.3) is 0 Å². The smallest absolute Gasteiger partial charge is 0.243 e. The fourth-order valence-corrected chi connectivity index (χ4v) is 6.13. The van der Waals surface area contributed by atoms with Crippen molar-refractivity contribution in [2.24, 2.45) is 11.7 Å². The summed E-state index contributed by atoms with van der Waals surface area (Å²) in [5.41, 5.74) is 8.00. The van der Waals surface area contributed by atoms with Crippen molar-refractivity contribution in [1.29, 1.82) is 5.41 Å². The van der Waals surface area contributed by atoms with Crippen LogP contribution in [0, 0.1) is 11.3 Å². The molecule has 1 fully saturated rings. The Morgan fingerprint density at radius 1 is 1.09 bits per heavy atom. The summed E-state index contributed by atoms with van der Waals surface area (Å²) >= 11 is 0. The number of hydrogen-bond acceptors (Lipinski definition) is 5. The van der Waals surface area contributed by atoms with Crippen molar-refractivity contribution in [3.05, 3.63) is 59.7 Å². The summed E-state index contributed by atoms with van der Waals surface area (Å²) in [6.07, 6.45) is 6.50. The summed E-state index contributed by atoms with van der Waals surface area (Å²) in [5, 5.41) is 10.9. The number of anilines is 1. The van der Waals surface area contributed by atoms with Crippen molar-refractivity contribution >= 4 is 27.3 Å². The van der Waals surface area contributed by atoms with Crippen LogP contribution in [-0.4, -0.2) is 45.0 Å². The average Bonchev–Trinajstić information content (AvgIpc) is 3.20. The third-order valence-corrected chi connectivity index (χ3v) is 8.50. The van der Waals surface area contributed by atoms with E-state index < -0.39 is 15.9 Å². The summed E-state index contributed by atoms with van der Waals surface area (Å²) in [5.74, 6) is 0.286.